The molecule has 1 aromatic rings. The van der Waals surface area contributed by atoms with Crippen LogP contribution in [-0.4, -0.2) is 54.5 Å². The molecule has 0 radical (unpaired) electrons. The third-order valence-electron chi connectivity index (χ3n) is 4.37. The van der Waals surface area contributed by atoms with Crippen LogP contribution in [0.5, 0.6) is 0 Å². The zero-order valence-corrected chi connectivity index (χ0v) is 16.7. The maximum atomic E-state index is 12.4. The smallest absolute Gasteiger partial charge is 0.293 e. The molecule has 0 saturated carbocycles. The Kier molecular flexibility index (Phi) is 6.35. The first-order valence-corrected chi connectivity index (χ1v) is 11.4. The summed E-state index contributed by atoms with van der Waals surface area (Å²) in [6.45, 7) is -0.0320. The summed E-state index contributed by atoms with van der Waals surface area (Å²) >= 11 is 0.838. The number of rotatable bonds is 6. The van der Waals surface area contributed by atoms with Crippen LogP contribution in [0.3, 0.4) is 0 Å². The number of hydrogen-bond donors (Lipinski definition) is 1. The van der Waals surface area contributed by atoms with E-state index < -0.39 is 27.0 Å². The molecule has 1 aromatic carbocycles. The Hall–Kier alpha value is -2.39. The van der Waals surface area contributed by atoms with E-state index in [-0.39, 0.29) is 30.4 Å². The van der Waals surface area contributed by atoms with E-state index in [1.165, 1.54) is 0 Å². The van der Waals surface area contributed by atoms with Crippen LogP contribution in [0.1, 0.15) is 18.4 Å². The Bertz CT molecular complexity index is 938. The van der Waals surface area contributed by atoms with Gasteiger partial charge in [0.25, 0.3) is 11.1 Å². The molecule has 0 aliphatic carbocycles. The Morgan fingerprint density at radius 1 is 1.25 bits per heavy atom. The monoisotopic (exact) mass is 420 g/mol. The number of nitrogens with zero attached hydrogens (tertiary/aromatic N) is 1. The van der Waals surface area contributed by atoms with Crippen LogP contribution in [0.4, 0.5) is 4.79 Å². The zero-order chi connectivity index (χ0) is 20.1. The second kappa shape index (κ2) is 8.74. The van der Waals surface area contributed by atoms with Crippen molar-refractivity contribution in [2.45, 2.75) is 18.9 Å². The van der Waals surface area contributed by atoms with E-state index in [1.54, 1.807) is 12.2 Å². The highest BCUT2D eigenvalue weighted by Crippen LogP contribution is 2.30. The number of allylic oxidation sites excluding steroid dienone is 2. The van der Waals surface area contributed by atoms with Crippen LogP contribution in [0.25, 0.3) is 6.08 Å². The second-order valence-corrected chi connectivity index (χ2v) is 9.76. The van der Waals surface area contributed by atoms with Crippen molar-refractivity contribution in [2.24, 2.45) is 0 Å². The Labute approximate surface area is 167 Å². The van der Waals surface area contributed by atoms with E-state index in [2.05, 4.69) is 5.32 Å². The third-order valence-corrected chi connectivity index (χ3v) is 7.06. The maximum Gasteiger partial charge on any atom is 0.293 e. The lowest BCUT2D eigenvalue weighted by Crippen LogP contribution is -2.38. The van der Waals surface area contributed by atoms with Crippen molar-refractivity contribution in [1.82, 2.24) is 10.2 Å². The van der Waals surface area contributed by atoms with Gasteiger partial charge < -0.3 is 5.32 Å². The molecule has 148 valence electrons. The summed E-state index contributed by atoms with van der Waals surface area (Å²) < 4.78 is 22.9. The molecular formula is C19H20N2O5S2. The molecule has 2 heterocycles. The first kappa shape index (κ1) is 20.3. The number of nitrogens with one attached hydrogen (secondary N) is 1. The first-order chi connectivity index (χ1) is 13.3. The van der Waals surface area contributed by atoms with Crippen molar-refractivity contribution >= 4 is 44.7 Å². The molecule has 0 aromatic heterocycles. The van der Waals surface area contributed by atoms with Gasteiger partial charge in [-0.2, -0.15) is 0 Å². The van der Waals surface area contributed by atoms with E-state index >= 15 is 0 Å². The average Bonchev–Trinajstić information content (AvgIpc) is 3.12. The fraction of sp³-hybridized carbons (Fsp3) is 0.316. The zero-order valence-electron chi connectivity index (χ0n) is 15.0. The molecule has 2 saturated heterocycles. The fourth-order valence-corrected chi connectivity index (χ4v) is 5.43. The lowest BCUT2D eigenvalue weighted by Gasteiger charge is -2.14. The van der Waals surface area contributed by atoms with Crippen molar-refractivity contribution in [2.75, 3.05) is 18.1 Å². The quantitative estimate of drug-likeness (QED) is 0.706. The van der Waals surface area contributed by atoms with Crippen LogP contribution in [0.2, 0.25) is 0 Å². The summed E-state index contributed by atoms with van der Waals surface area (Å²) in [6.07, 6.45) is 5.46. The molecule has 3 amide bonds. The highest BCUT2D eigenvalue weighted by atomic mass is 32.2. The molecule has 2 aliphatic heterocycles. The Balaban J connectivity index is 1.51. The summed E-state index contributed by atoms with van der Waals surface area (Å²) in [5, 5.41) is 2.24. The number of amides is 3. The van der Waals surface area contributed by atoms with Gasteiger partial charge >= 0.3 is 0 Å². The minimum atomic E-state index is -3.08. The standard InChI is InChI=1S/C19H20N2O5S2/c22-17(20-15-10-12-28(25,26)13-15)9-11-21-18(23)16(27-19(21)24)8-4-7-14-5-2-1-3-6-14/h1-8,15H,9-13H2,(H,20,22)/b7-4+,16-8-. The van der Waals surface area contributed by atoms with Crippen molar-refractivity contribution in [1.29, 1.82) is 0 Å². The topological polar surface area (TPSA) is 101 Å². The molecule has 1 atom stereocenters. The number of hydrogen-bond acceptors (Lipinski definition) is 6. The molecule has 7 nitrogen and oxygen atoms in total. The highest BCUT2D eigenvalue weighted by molar-refractivity contribution is 8.18. The molecule has 28 heavy (non-hydrogen) atoms. The molecule has 2 aliphatic rings. The normalized spacial score (nSPS) is 23.1. The number of carbonyl (C=O) groups is 3. The molecule has 9 heteroatoms. The van der Waals surface area contributed by atoms with Crippen molar-refractivity contribution < 1.29 is 22.8 Å². The van der Waals surface area contributed by atoms with Gasteiger partial charge in [-0.3, -0.25) is 19.3 Å². The van der Waals surface area contributed by atoms with Gasteiger partial charge in [0.15, 0.2) is 9.84 Å². The maximum absolute atomic E-state index is 12.4. The van der Waals surface area contributed by atoms with E-state index in [0.29, 0.717) is 11.3 Å². The highest BCUT2D eigenvalue weighted by Gasteiger charge is 2.35. The lowest BCUT2D eigenvalue weighted by molar-refractivity contribution is -0.124. The van der Waals surface area contributed by atoms with E-state index in [9.17, 15) is 22.8 Å². The van der Waals surface area contributed by atoms with E-state index in [1.807, 2.05) is 36.4 Å². The molecule has 2 fully saturated rings. The van der Waals surface area contributed by atoms with Crippen molar-refractivity contribution in [3.63, 3.8) is 0 Å². The van der Waals surface area contributed by atoms with Crippen molar-refractivity contribution in [3.05, 3.63) is 53.0 Å². The van der Waals surface area contributed by atoms with Gasteiger partial charge in [-0.15, -0.1) is 0 Å². The summed E-state index contributed by atoms with van der Waals surface area (Å²) in [6, 6.07) is 9.16. The average molecular weight is 421 g/mol. The fourth-order valence-electron chi connectivity index (χ4n) is 2.94. The predicted molar refractivity (Wildman–Crippen MR) is 108 cm³/mol. The first-order valence-electron chi connectivity index (χ1n) is 8.81. The summed E-state index contributed by atoms with van der Waals surface area (Å²) in [5.41, 5.74) is 0.976. The van der Waals surface area contributed by atoms with Crippen LogP contribution < -0.4 is 5.32 Å². The van der Waals surface area contributed by atoms with Gasteiger partial charge in [-0.25, -0.2) is 8.42 Å². The third kappa shape index (κ3) is 5.32. The molecule has 0 spiro atoms. The minimum Gasteiger partial charge on any atom is -0.352 e. The number of benzene rings is 1. The van der Waals surface area contributed by atoms with Crippen LogP contribution in [0, 0.1) is 0 Å². The number of carbonyl (C=O) groups excluding carboxylic acids is 3. The molecular weight excluding hydrogens is 400 g/mol. The van der Waals surface area contributed by atoms with Crippen LogP contribution in [0.15, 0.2) is 47.4 Å². The van der Waals surface area contributed by atoms with Gasteiger partial charge in [-0.05, 0) is 29.8 Å². The molecule has 3 rings (SSSR count). The van der Waals surface area contributed by atoms with Gasteiger partial charge in [0.05, 0.1) is 16.4 Å². The SMILES string of the molecule is O=C(CCN1C(=O)S/C(=C\C=C\c2ccccc2)C1=O)NC1CCS(=O)(=O)C1. The second-order valence-electron chi connectivity index (χ2n) is 6.54. The van der Waals surface area contributed by atoms with E-state index in [0.717, 1.165) is 22.2 Å². The van der Waals surface area contributed by atoms with Gasteiger partial charge in [0.1, 0.15) is 0 Å². The Morgan fingerprint density at radius 2 is 2.00 bits per heavy atom. The number of thioether (sulfide) groups is 1. The minimum absolute atomic E-state index is 0.0320. The Morgan fingerprint density at radius 3 is 2.68 bits per heavy atom. The van der Waals surface area contributed by atoms with Crippen molar-refractivity contribution in [3.8, 4) is 0 Å². The predicted octanol–water partition coefficient (Wildman–Crippen LogP) is 1.97. The van der Waals surface area contributed by atoms with E-state index in [4.69, 9.17) is 0 Å². The number of imide groups is 1. The largest absolute Gasteiger partial charge is 0.352 e. The van der Waals surface area contributed by atoms with Crippen LogP contribution in [-0.2, 0) is 19.4 Å². The summed E-state index contributed by atoms with van der Waals surface area (Å²) in [7, 11) is -3.08. The van der Waals surface area contributed by atoms with Crippen LogP contribution >= 0.6 is 11.8 Å². The molecule has 0 bridgehead atoms. The van der Waals surface area contributed by atoms with Gasteiger partial charge in [0.2, 0.25) is 5.91 Å². The molecule has 1 unspecified atom stereocenters. The summed E-state index contributed by atoms with van der Waals surface area (Å²) in [5.74, 6) is -0.780. The molecule has 1 N–H and O–H groups in total. The van der Waals surface area contributed by atoms with Gasteiger partial charge in [0, 0.05) is 19.0 Å². The van der Waals surface area contributed by atoms with Gasteiger partial charge in [-0.1, -0.05) is 42.5 Å². The summed E-state index contributed by atoms with van der Waals surface area (Å²) in [4.78, 5) is 37.8. The lowest BCUT2D eigenvalue weighted by atomic mass is 10.2. The number of sulfone groups is 1.